The van der Waals surface area contributed by atoms with Gasteiger partial charge in [-0.3, -0.25) is 4.79 Å². The van der Waals surface area contributed by atoms with E-state index in [0.29, 0.717) is 23.9 Å². The van der Waals surface area contributed by atoms with Crippen LogP contribution >= 0.6 is 11.3 Å². The number of fused-ring (bicyclic) bond motifs is 1. The standard InChI is InChI=1S/C23H26N2O2S/c1-5-13-25-20-12-9-18(16(3)4)15-21(20)28-23(25)24-22(26)14-17-7-10-19(11-8-17)27-6-2/h5,7-12,15-16H,1,6,13-14H2,2-4H3. The third-order valence-corrected chi connectivity index (χ3v) is 5.54. The molecule has 1 amide bonds. The predicted molar refractivity (Wildman–Crippen MR) is 116 cm³/mol. The summed E-state index contributed by atoms with van der Waals surface area (Å²) in [7, 11) is 0. The number of hydrogen-bond donors (Lipinski definition) is 0. The number of ether oxygens (including phenoxy) is 1. The number of aromatic nitrogens is 1. The number of carbonyl (C=O) groups excluding carboxylic acids is 1. The summed E-state index contributed by atoms with van der Waals surface area (Å²) in [5, 5.41) is 0. The predicted octanol–water partition coefficient (Wildman–Crippen LogP) is 5.08. The van der Waals surface area contributed by atoms with Crippen LogP contribution in [-0.4, -0.2) is 17.1 Å². The maximum Gasteiger partial charge on any atom is 0.252 e. The first-order valence-corrected chi connectivity index (χ1v) is 10.4. The maximum absolute atomic E-state index is 12.6. The lowest BCUT2D eigenvalue weighted by Gasteiger charge is -2.06. The minimum Gasteiger partial charge on any atom is -0.494 e. The summed E-state index contributed by atoms with van der Waals surface area (Å²) < 4.78 is 8.63. The fourth-order valence-electron chi connectivity index (χ4n) is 3.03. The molecule has 28 heavy (non-hydrogen) atoms. The minimum absolute atomic E-state index is 0.155. The van der Waals surface area contributed by atoms with E-state index in [2.05, 4.69) is 43.6 Å². The molecule has 0 aliphatic carbocycles. The lowest BCUT2D eigenvalue weighted by molar-refractivity contribution is -0.117. The Kier molecular flexibility index (Phi) is 6.47. The number of hydrogen-bond acceptors (Lipinski definition) is 3. The molecule has 0 radical (unpaired) electrons. The van der Waals surface area contributed by atoms with Gasteiger partial charge in [-0.15, -0.1) is 6.58 Å². The molecule has 4 nitrogen and oxygen atoms in total. The highest BCUT2D eigenvalue weighted by atomic mass is 32.1. The van der Waals surface area contributed by atoms with Crippen LogP contribution < -0.4 is 9.54 Å². The van der Waals surface area contributed by atoms with E-state index < -0.39 is 0 Å². The van der Waals surface area contributed by atoms with Crippen molar-refractivity contribution in [1.29, 1.82) is 0 Å². The molecular weight excluding hydrogens is 368 g/mol. The summed E-state index contributed by atoms with van der Waals surface area (Å²) in [6, 6.07) is 14.0. The molecule has 0 saturated heterocycles. The van der Waals surface area contributed by atoms with Crippen molar-refractivity contribution in [2.75, 3.05) is 6.61 Å². The number of benzene rings is 2. The van der Waals surface area contributed by atoms with Gasteiger partial charge in [0.1, 0.15) is 5.75 Å². The quantitative estimate of drug-likeness (QED) is 0.525. The Morgan fingerprint density at radius 2 is 2.00 bits per heavy atom. The van der Waals surface area contributed by atoms with Crippen molar-refractivity contribution in [2.45, 2.75) is 39.7 Å². The van der Waals surface area contributed by atoms with Gasteiger partial charge in [-0.1, -0.05) is 49.5 Å². The van der Waals surface area contributed by atoms with E-state index in [1.54, 1.807) is 11.3 Å². The fourth-order valence-corrected chi connectivity index (χ4v) is 4.14. The molecule has 0 aliphatic rings. The molecule has 5 heteroatoms. The summed E-state index contributed by atoms with van der Waals surface area (Å²) in [5.41, 5.74) is 3.30. The molecule has 0 fully saturated rings. The molecule has 0 atom stereocenters. The van der Waals surface area contributed by atoms with Crippen LogP contribution in [0.5, 0.6) is 5.75 Å². The van der Waals surface area contributed by atoms with Crippen LogP contribution in [0.2, 0.25) is 0 Å². The Balaban J connectivity index is 1.91. The largest absolute Gasteiger partial charge is 0.494 e. The van der Waals surface area contributed by atoms with Crippen LogP contribution in [0.4, 0.5) is 0 Å². The van der Waals surface area contributed by atoms with E-state index in [1.165, 1.54) is 5.56 Å². The van der Waals surface area contributed by atoms with Crippen LogP contribution in [0.15, 0.2) is 60.1 Å². The summed E-state index contributed by atoms with van der Waals surface area (Å²) in [6.07, 6.45) is 2.10. The van der Waals surface area contributed by atoms with Gasteiger partial charge in [-0.25, -0.2) is 0 Å². The Morgan fingerprint density at radius 3 is 2.64 bits per heavy atom. The zero-order valence-corrected chi connectivity index (χ0v) is 17.5. The highest BCUT2D eigenvalue weighted by Gasteiger charge is 2.10. The van der Waals surface area contributed by atoms with E-state index in [9.17, 15) is 4.79 Å². The molecule has 1 aromatic heterocycles. The molecule has 0 bridgehead atoms. The van der Waals surface area contributed by atoms with Crippen molar-refractivity contribution in [2.24, 2.45) is 4.99 Å². The van der Waals surface area contributed by atoms with Gasteiger partial charge in [-0.2, -0.15) is 4.99 Å². The Bertz CT molecular complexity index is 1040. The van der Waals surface area contributed by atoms with E-state index in [-0.39, 0.29) is 12.3 Å². The van der Waals surface area contributed by atoms with E-state index in [4.69, 9.17) is 4.74 Å². The van der Waals surface area contributed by atoms with Crippen LogP contribution in [0.3, 0.4) is 0 Å². The van der Waals surface area contributed by atoms with Crippen molar-refractivity contribution in [3.63, 3.8) is 0 Å². The van der Waals surface area contributed by atoms with Crippen LogP contribution in [0.1, 0.15) is 37.8 Å². The van der Waals surface area contributed by atoms with Crippen molar-refractivity contribution in [3.05, 3.63) is 71.0 Å². The monoisotopic (exact) mass is 394 g/mol. The second-order valence-corrected chi connectivity index (χ2v) is 7.93. The van der Waals surface area contributed by atoms with E-state index >= 15 is 0 Å². The Labute approximate surface area is 169 Å². The number of nitrogens with zero attached hydrogens (tertiary/aromatic N) is 2. The second-order valence-electron chi connectivity index (χ2n) is 6.93. The SMILES string of the molecule is C=CCn1c(=NC(=O)Cc2ccc(OCC)cc2)sc2cc(C(C)C)ccc21. The van der Waals surface area contributed by atoms with Crippen molar-refractivity contribution in [3.8, 4) is 5.75 Å². The molecule has 0 spiro atoms. The van der Waals surface area contributed by atoms with Gasteiger partial charge in [0.05, 0.1) is 23.2 Å². The Morgan fingerprint density at radius 1 is 1.25 bits per heavy atom. The Hall–Kier alpha value is -2.66. The average Bonchev–Trinajstić information content (AvgIpc) is 3.00. The third-order valence-electron chi connectivity index (χ3n) is 4.50. The first kappa shape index (κ1) is 20.1. The molecule has 146 valence electrons. The lowest BCUT2D eigenvalue weighted by Crippen LogP contribution is -2.16. The summed E-state index contributed by atoms with van der Waals surface area (Å²) >= 11 is 1.55. The zero-order chi connectivity index (χ0) is 20.1. The van der Waals surface area contributed by atoms with Gasteiger partial charge in [0.2, 0.25) is 0 Å². The van der Waals surface area contributed by atoms with Crippen molar-refractivity contribution in [1.82, 2.24) is 4.57 Å². The molecule has 0 N–H and O–H groups in total. The summed E-state index contributed by atoms with van der Waals surface area (Å²) in [5.74, 6) is 1.11. The van der Waals surface area contributed by atoms with Gasteiger partial charge in [0, 0.05) is 6.54 Å². The summed E-state index contributed by atoms with van der Waals surface area (Å²) in [4.78, 5) is 17.7. The molecule has 0 aliphatic heterocycles. The average molecular weight is 395 g/mol. The van der Waals surface area contributed by atoms with Crippen molar-refractivity contribution < 1.29 is 9.53 Å². The molecule has 0 saturated carbocycles. The normalized spacial score (nSPS) is 11.9. The van der Waals surface area contributed by atoms with Gasteiger partial charge < -0.3 is 9.30 Å². The first-order valence-electron chi connectivity index (χ1n) is 9.55. The number of rotatable bonds is 7. The van der Waals surface area contributed by atoms with Gasteiger partial charge in [-0.05, 0) is 48.2 Å². The van der Waals surface area contributed by atoms with Crippen LogP contribution in [0, 0.1) is 0 Å². The van der Waals surface area contributed by atoms with Gasteiger partial charge in [0.25, 0.3) is 5.91 Å². The number of amides is 1. The summed E-state index contributed by atoms with van der Waals surface area (Å²) in [6.45, 7) is 11.4. The molecule has 1 heterocycles. The zero-order valence-electron chi connectivity index (χ0n) is 16.6. The maximum atomic E-state index is 12.6. The smallest absolute Gasteiger partial charge is 0.252 e. The third kappa shape index (κ3) is 4.60. The van der Waals surface area contributed by atoms with E-state index in [1.807, 2.05) is 41.8 Å². The highest BCUT2D eigenvalue weighted by molar-refractivity contribution is 7.16. The lowest BCUT2D eigenvalue weighted by atomic mass is 10.0. The van der Waals surface area contributed by atoms with Crippen molar-refractivity contribution >= 4 is 27.5 Å². The molecular formula is C23H26N2O2S. The van der Waals surface area contributed by atoms with Crippen LogP contribution in [-0.2, 0) is 17.8 Å². The molecule has 0 unspecified atom stereocenters. The molecule has 3 rings (SSSR count). The molecule has 2 aromatic carbocycles. The van der Waals surface area contributed by atoms with E-state index in [0.717, 1.165) is 21.5 Å². The fraction of sp³-hybridized carbons (Fsp3) is 0.304. The number of thiazole rings is 1. The number of allylic oxidation sites excluding steroid dienone is 1. The highest BCUT2D eigenvalue weighted by Crippen LogP contribution is 2.23. The van der Waals surface area contributed by atoms with Gasteiger partial charge >= 0.3 is 0 Å². The topological polar surface area (TPSA) is 43.6 Å². The first-order chi connectivity index (χ1) is 13.5. The number of carbonyl (C=O) groups is 1. The van der Waals surface area contributed by atoms with Crippen LogP contribution in [0.25, 0.3) is 10.2 Å². The second kappa shape index (κ2) is 9.02. The molecule has 3 aromatic rings. The van der Waals surface area contributed by atoms with Gasteiger partial charge in [0.15, 0.2) is 4.80 Å². The minimum atomic E-state index is -0.155.